The van der Waals surface area contributed by atoms with Gasteiger partial charge in [-0.25, -0.2) is 9.38 Å². The number of nitrogens with two attached hydrogens (primary N) is 1. The number of aliphatic imine (C=N–C) groups is 1. The van der Waals surface area contributed by atoms with Gasteiger partial charge in [0.2, 0.25) is 0 Å². The lowest BCUT2D eigenvalue weighted by Crippen LogP contribution is -2.20. The predicted octanol–water partition coefficient (Wildman–Crippen LogP) is 6.54. The molecule has 0 radical (unpaired) electrons. The van der Waals surface area contributed by atoms with E-state index >= 15 is 0 Å². The van der Waals surface area contributed by atoms with Gasteiger partial charge in [0, 0.05) is 28.8 Å². The molecule has 29 heavy (non-hydrogen) atoms. The third kappa shape index (κ3) is 4.43. The molecule has 4 heteroatoms. The summed E-state index contributed by atoms with van der Waals surface area (Å²) >= 11 is 0. The first-order valence-corrected chi connectivity index (χ1v) is 9.77. The van der Waals surface area contributed by atoms with Crippen LogP contribution in [0.25, 0.3) is 28.5 Å². The fourth-order valence-electron chi connectivity index (χ4n) is 3.11. The van der Waals surface area contributed by atoms with Crippen molar-refractivity contribution in [2.24, 2.45) is 16.6 Å². The summed E-state index contributed by atoms with van der Waals surface area (Å²) in [6, 6.07) is 15.0. The Kier molecular flexibility index (Phi) is 6.23. The largest absolute Gasteiger partial charge is 0.387 e. The molecule has 2 aromatic carbocycles. The first-order chi connectivity index (χ1) is 13.9. The zero-order chi connectivity index (χ0) is 21.0. The first kappa shape index (κ1) is 20.5. The van der Waals surface area contributed by atoms with Gasteiger partial charge in [0.1, 0.15) is 11.7 Å². The number of aromatic nitrogens is 1. The molecule has 1 atom stereocenters. The average Bonchev–Trinajstić information content (AvgIpc) is 2.75. The summed E-state index contributed by atoms with van der Waals surface area (Å²) in [5.41, 5.74) is 12.1. The number of halogens is 1. The smallest absolute Gasteiger partial charge is 0.126 e. The lowest BCUT2D eigenvalue weighted by atomic mass is 9.96. The second kappa shape index (κ2) is 8.82. The van der Waals surface area contributed by atoms with Crippen LogP contribution in [0.2, 0.25) is 0 Å². The van der Waals surface area contributed by atoms with Crippen molar-refractivity contribution in [1.82, 2.24) is 4.98 Å². The molecule has 1 unspecified atom stereocenters. The number of aryl methyl sites for hydroxylation is 1. The van der Waals surface area contributed by atoms with Gasteiger partial charge < -0.3 is 5.73 Å². The maximum atomic E-state index is 13.7. The topological polar surface area (TPSA) is 51.3 Å². The zero-order valence-corrected chi connectivity index (χ0v) is 17.1. The molecule has 0 aliphatic rings. The highest BCUT2D eigenvalue weighted by Gasteiger charge is 2.12. The third-order valence-corrected chi connectivity index (χ3v) is 5.16. The summed E-state index contributed by atoms with van der Waals surface area (Å²) in [6.07, 6.45) is 4.47. The van der Waals surface area contributed by atoms with Crippen LogP contribution in [-0.2, 0) is 0 Å². The van der Waals surface area contributed by atoms with Gasteiger partial charge in [-0.1, -0.05) is 38.6 Å². The van der Waals surface area contributed by atoms with Crippen molar-refractivity contribution in [2.45, 2.75) is 27.2 Å². The van der Waals surface area contributed by atoms with Crippen molar-refractivity contribution < 1.29 is 4.39 Å². The van der Waals surface area contributed by atoms with Gasteiger partial charge in [-0.3, -0.25) is 4.98 Å². The first-order valence-electron chi connectivity index (χ1n) is 9.77. The van der Waals surface area contributed by atoms with E-state index in [1.54, 1.807) is 25.3 Å². The second-order valence-corrected chi connectivity index (χ2v) is 7.19. The van der Waals surface area contributed by atoms with Gasteiger partial charge in [0.05, 0.1) is 11.4 Å². The van der Waals surface area contributed by atoms with Crippen LogP contribution in [0.3, 0.4) is 0 Å². The average molecular weight is 388 g/mol. The molecular formula is C25H26FN3. The molecule has 3 rings (SSSR count). The Morgan fingerprint density at radius 3 is 2.66 bits per heavy atom. The van der Waals surface area contributed by atoms with Gasteiger partial charge >= 0.3 is 0 Å². The quantitative estimate of drug-likeness (QED) is 0.385. The Balaban J connectivity index is 2.08. The second-order valence-electron chi connectivity index (χ2n) is 7.19. The molecule has 0 aliphatic carbocycles. The molecule has 3 nitrogen and oxygen atoms in total. The summed E-state index contributed by atoms with van der Waals surface area (Å²) in [5.74, 6) is 0.618. The van der Waals surface area contributed by atoms with Crippen LogP contribution in [0.1, 0.15) is 31.4 Å². The predicted molar refractivity (Wildman–Crippen MR) is 121 cm³/mol. The highest BCUT2D eigenvalue weighted by atomic mass is 19.1. The Morgan fingerprint density at radius 1 is 1.21 bits per heavy atom. The summed E-state index contributed by atoms with van der Waals surface area (Å²) < 4.78 is 13.7. The number of benzene rings is 2. The van der Waals surface area contributed by atoms with E-state index < -0.39 is 0 Å². The Labute approximate surface area is 171 Å². The molecule has 3 aromatic rings. The van der Waals surface area contributed by atoms with Crippen molar-refractivity contribution in [2.75, 3.05) is 0 Å². The van der Waals surface area contributed by atoms with Crippen molar-refractivity contribution in [3.8, 4) is 22.4 Å². The molecule has 1 heterocycles. The number of amidine groups is 1. The molecule has 0 spiro atoms. The SMILES string of the molecule is C=Cc1cc(-c2cccnc2-c2ccc(F)c(C)c2)ccc1/N=C(/N)C(C)CC. The van der Waals surface area contributed by atoms with Crippen molar-refractivity contribution in [3.05, 3.63) is 78.3 Å². The van der Waals surface area contributed by atoms with Crippen molar-refractivity contribution in [3.63, 3.8) is 0 Å². The summed E-state index contributed by atoms with van der Waals surface area (Å²) in [4.78, 5) is 9.16. The maximum absolute atomic E-state index is 13.7. The van der Waals surface area contributed by atoms with Crippen molar-refractivity contribution >= 4 is 17.6 Å². The van der Waals surface area contributed by atoms with Crippen LogP contribution in [-0.4, -0.2) is 10.8 Å². The molecular weight excluding hydrogens is 361 g/mol. The molecule has 0 amide bonds. The van der Waals surface area contributed by atoms with Crippen LogP contribution < -0.4 is 5.73 Å². The standard InChI is InChI=1S/C25H26FN3/c1-5-16(3)25(27)29-23-12-10-19(15-18(23)6-2)21-8-7-13-28-24(21)20-9-11-22(26)17(4)14-20/h6-16H,2,5H2,1,3-4H3,(H2,27,29). The third-order valence-electron chi connectivity index (χ3n) is 5.16. The fourth-order valence-corrected chi connectivity index (χ4v) is 3.11. The van der Waals surface area contributed by atoms with E-state index in [0.29, 0.717) is 11.4 Å². The lowest BCUT2D eigenvalue weighted by Gasteiger charge is -2.13. The summed E-state index contributed by atoms with van der Waals surface area (Å²) in [7, 11) is 0. The molecule has 148 valence electrons. The van der Waals surface area contributed by atoms with E-state index in [4.69, 9.17) is 5.73 Å². The maximum Gasteiger partial charge on any atom is 0.126 e. The molecule has 0 bridgehead atoms. The zero-order valence-electron chi connectivity index (χ0n) is 17.1. The van der Waals surface area contributed by atoms with E-state index in [-0.39, 0.29) is 11.7 Å². The molecule has 0 saturated carbocycles. The van der Waals surface area contributed by atoms with Crippen molar-refractivity contribution in [1.29, 1.82) is 0 Å². The number of hydrogen-bond donors (Lipinski definition) is 1. The van der Waals surface area contributed by atoms with Gasteiger partial charge in [0.15, 0.2) is 0 Å². The molecule has 0 fully saturated rings. The van der Waals surface area contributed by atoms with Crippen LogP contribution in [0, 0.1) is 18.7 Å². The van der Waals surface area contributed by atoms with Crippen LogP contribution in [0.5, 0.6) is 0 Å². The van der Waals surface area contributed by atoms with Crippen LogP contribution >= 0.6 is 0 Å². The van der Waals surface area contributed by atoms with Gasteiger partial charge in [-0.15, -0.1) is 0 Å². The minimum absolute atomic E-state index is 0.221. The Hall–Kier alpha value is -3.27. The summed E-state index contributed by atoms with van der Waals surface area (Å²) in [6.45, 7) is 9.84. The normalized spacial score (nSPS) is 12.6. The fraction of sp³-hybridized carbons (Fsp3) is 0.200. The number of rotatable bonds is 6. The number of pyridine rings is 1. The van der Waals surface area contributed by atoms with E-state index in [9.17, 15) is 4.39 Å². The van der Waals surface area contributed by atoms with Crippen LogP contribution in [0.4, 0.5) is 10.1 Å². The van der Waals surface area contributed by atoms with E-state index in [1.807, 2.05) is 36.4 Å². The monoisotopic (exact) mass is 387 g/mol. The molecule has 0 saturated heterocycles. The minimum atomic E-state index is -0.221. The Bertz CT molecular complexity index is 1070. The highest BCUT2D eigenvalue weighted by Crippen LogP contribution is 2.34. The number of nitrogens with zero attached hydrogens (tertiary/aromatic N) is 2. The molecule has 0 aliphatic heterocycles. The number of hydrogen-bond acceptors (Lipinski definition) is 2. The molecule has 1 aromatic heterocycles. The van der Waals surface area contributed by atoms with Gasteiger partial charge in [0.25, 0.3) is 0 Å². The van der Waals surface area contributed by atoms with Gasteiger partial charge in [-0.2, -0.15) is 0 Å². The Morgan fingerprint density at radius 2 is 1.97 bits per heavy atom. The van der Waals surface area contributed by atoms with Crippen LogP contribution in [0.15, 0.2) is 66.3 Å². The van der Waals surface area contributed by atoms with Gasteiger partial charge in [-0.05, 0) is 60.9 Å². The summed E-state index contributed by atoms with van der Waals surface area (Å²) in [5, 5.41) is 0. The lowest BCUT2D eigenvalue weighted by molar-refractivity contribution is 0.619. The van der Waals surface area contributed by atoms with E-state index in [2.05, 4.69) is 30.4 Å². The molecule has 2 N–H and O–H groups in total. The minimum Gasteiger partial charge on any atom is -0.387 e. The highest BCUT2D eigenvalue weighted by molar-refractivity contribution is 5.88. The van der Waals surface area contributed by atoms with E-state index in [1.165, 1.54) is 6.07 Å². The van der Waals surface area contributed by atoms with E-state index in [0.717, 1.165) is 40.1 Å².